The van der Waals surface area contributed by atoms with E-state index >= 15 is 0 Å². The average Bonchev–Trinajstić information content (AvgIpc) is 2.26. The van der Waals surface area contributed by atoms with Crippen molar-refractivity contribution in [3.63, 3.8) is 0 Å². The lowest BCUT2D eigenvalue weighted by molar-refractivity contribution is -0.385. The maximum atomic E-state index is 10.7. The molecule has 0 heterocycles. The second-order valence-corrected chi connectivity index (χ2v) is 3.08. The second kappa shape index (κ2) is 4.75. The van der Waals surface area contributed by atoms with Gasteiger partial charge in [-0.25, -0.2) is 0 Å². The summed E-state index contributed by atoms with van der Waals surface area (Å²) in [5.41, 5.74) is 0.379. The number of nitro groups is 1. The molecule has 0 spiro atoms. The molecule has 1 rings (SSSR count). The lowest BCUT2D eigenvalue weighted by Gasteiger charge is -2.09. The zero-order chi connectivity index (χ0) is 11.4. The molecule has 5 heteroatoms. The van der Waals surface area contributed by atoms with E-state index in [0.29, 0.717) is 17.2 Å². The van der Waals surface area contributed by atoms with Gasteiger partial charge in [0.25, 0.3) is 5.69 Å². The lowest BCUT2D eigenvalue weighted by Crippen LogP contribution is -2.04. The molecule has 0 atom stereocenters. The van der Waals surface area contributed by atoms with E-state index in [0.717, 1.165) is 0 Å². The Bertz CT molecular complexity index is 364. The Morgan fingerprint density at radius 2 is 2.27 bits per heavy atom. The van der Waals surface area contributed by atoms with Crippen molar-refractivity contribution in [1.82, 2.24) is 0 Å². The van der Waals surface area contributed by atoms with Crippen LogP contribution >= 0.6 is 0 Å². The second-order valence-electron chi connectivity index (χ2n) is 3.08. The van der Waals surface area contributed by atoms with Crippen LogP contribution in [0.15, 0.2) is 18.2 Å². The Kier molecular flexibility index (Phi) is 3.62. The van der Waals surface area contributed by atoms with Gasteiger partial charge in [-0.1, -0.05) is 6.92 Å². The van der Waals surface area contributed by atoms with Gasteiger partial charge in [-0.15, -0.1) is 0 Å². The molecule has 0 aromatic heterocycles. The molecule has 0 saturated carbocycles. The van der Waals surface area contributed by atoms with Crippen molar-refractivity contribution < 1.29 is 14.8 Å². The van der Waals surface area contributed by atoms with Crippen molar-refractivity contribution in [2.24, 2.45) is 0 Å². The van der Waals surface area contributed by atoms with Crippen LogP contribution < -0.4 is 4.74 Å². The molecule has 0 saturated heterocycles. The van der Waals surface area contributed by atoms with Gasteiger partial charge in [0.15, 0.2) is 0 Å². The lowest BCUT2D eigenvalue weighted by atomic mass is 10.00. The quantitative estimate of drug-likeness (QED) is 0.604. The molecule has 1 aromatic rings. The van der Waals surface area contributed by atoms with Gasteiger partial charge >= 0.3 is 0 Å². The number of benzene rings is 1. The fourth-order valence-corrected chi connectivity index (χ4v) is 1.23. The maximum absolute atomic E-state index is 10.7. The van der Waals surface area contributed by atoms with Crippen LogP contribution in [0.25, 0.3) is 0 Å². The summed E-state index contributed by atoms with van der Waals surface area (Å²) in [4.78, 5) is 10.2. The van der Waals surface area contributed by atoms with E-state index in [2.05, 4.69) is 0 Å². The molecule has 1 aromatic carbocycles. The number of hydrogen-bond acceptors (Lipinski definition) is 4. The normalized spacial score (nSPS) is 10.4. The fourth-order valence-electron chi connectivity index (χ4n) is 1.23. The van der Waals surface area contributed by atoms with Crippen molar-refractivity contribution >= 4 is 5.69 Å². The molecule has 0 aliphatic carbocycles. The number of methoxy groups -OCH3 is 1. The number of rotatable bonds is 4. The Morgan fingerprint density at radius 1 is 1.60 bits per heavy atom. The third kappa shape index (κ3) is 2.44. The summed E-state index contributed by atoms with van der Waals surface area (Å²) in [7, 11) is 1.49. The SMILES string of the molecule is COc1ccc([N+](=O)[O-])c([C](C)CO)c1. The number of aliphatic hydroxyl groups excluding tert-OH is 1. The molecule has 5 nitrogen and oxygen atoms in total. The minimum atomic E-state index is -0.478. The predicted molar refractivity (Wildman–Crippen MR) is 54.8 cm³/mol. The van der Waals surface area contributed by atoms with Gasteiger partial charge in [-0.05, 0) is 12.1 Å². The first kappa shape index (κ1) is 11.5. The Balaban J connectivity index is 3.22. The third-order valence-corrected chi connectivity index (χ3v) is 2.10. The van der Waals surface area contributed by atoms with Crippen LogP contribution in [0.1, 0.15) is 12.5 Å². The van der Waals surface area contributed by atoms with Crippen LogP contribution in [0.3, 0.4) is 0 Å². The smallest absolute Gasteiger partial charge is 0.273 e. The molecule has 0 amide bonds. The van der Waals surface area contributed by atoms with Gasteiger partial charge < -0.3 is 9.84 Å². The van der Waals surface area contributed by atoms with Crippen LogP contribution in [-0.4, -0.2) is 23.7 Å². The number of nitrogens with zero attached hydrogens (tertiary/aromatic N) is 1. The van der Waals surface area contributed by atoms with Crippen LogP contribution in [0, 0.1) is 16.0 Å². The molecule has 0 aliphatic heterocycles. The number of hydrogen-bond donors (Lipinski definition) is 1. The third-order valence-electron chi connectivity index (χ3n) is 2.10. The van der Waals surface area contributed by atoms with Gasteiger partial charge in [0.1, 0.15) is 5.75 Å². The van der Waals surface area contributed by atoms with Gasteiger partial charge in [0, 0.05) is 17.5 Å². The van der Waals surface area contributed by atoms with Crippen molar-refractivity contribution in [3.05, 3.63) is 39.8 Å². The molecule has 1 radical (unpaired) electrons. The summed E-state index contributed by atoms with van der Waals surface area (Å²) in [6.45, 7) is 1.43. The first-order valence-electron chi connectivity index (χ1n) is 4.36. The number of ether oxygens (including phenoxy) is 1. The Morgan fingerprint density at radius 3 is 2.73 bits per heavy atom. The van der Waals surface area contributed by atoms with E-state index in [4.69, 9.17) is 9.84 Å². The van der Waals surface area contributed by atoms with E-state index in [1.165, 1.54) is 19.2 Å². The standard InChI is InChI=1S/C10H12NO4/c1-7(6-12)9-5-8(15-2)3-4-10(9)11(13)14/h3-5,12H,6H2,1-2H3. The summed E-state index contributed by atoms with van der Waals surface area (Å²) >= 11 is 0. The summed E-state index contributed by atoms with van der Waals surface area (Å²) in [6, 6.07) is 4.43. The molecule has 0 bridgehead atoms. The van der Waals surface area contributed by atoms with E-state index in [1.807, 2.05) is 0 Å². The molecule has 15 heavy (non-hydrogen) atoms. The monoisotopic (exact) mass is 210 g/mol. The molecule has 0 fully saturated rings. The van der Waals surface area contributed by atoms with Crippen molar-refractivity contribution in [3.8, 4) is 5.75 Å². The van der Waals surface area contributed by atoms with E-state index in [1.54, 1.807) is 13.0 Å². The first-order chi connectivity index (χ1) is 7.10. The molecular weight excluding hydrogens is 198 g/mol. The van der Waals surface area contributed by atoms with E-state index in [-0.39, 0.29) is 12.3 Å². The van der Waals surface area contributed by atoms with Crippen molar-refractivity contribution in [2.75, 3.05) is 13.7 Å². The molecule has 0 unspecified atom stereocenters. The molecule has 1 N–H and O–H groups in total. The van der Waals surface area contributed by atoms with Crippen LogP contribution in [0.2, 0.25) is 0 Å². The highest BCUT2D eigenvalue weighted by molar-refractivity contribution is 5.52. The van der Waals surface area contributed by atoms with Gasteiger partial charge in [-0.3, -0.25) is 10.1 Å². The highest BCUT2D eigenvalue weighted by Crippen LogP contribution is 2.29. The largest absolute Gasteiger partial charge is 0.497 e. The van der Waals surface area contributed by atoms with Gasteiger partial charge in [0.05, 0.1) is 18.6 Å². The zero-order valence-corrected chi connectivity index (χ0v) is 8.56. The maximum Gasteiger partial charge on any atom is 0.273 e. The first-order valence-corrected chi connectivity index (χ1v) is 4.36. The Labute approximate surface area is 87.5 Å². The molecular formula is C10H12NO4. The van der Waals surface area contributed by atoms with E-state index < -0.39 is 4.92 Å². The summed E-state index contributed by atoms with van der Waals surface area (Å²) < 4.78 is 4.97. The fraction of sp³-hybridized carbons (Fsp3) is 0.300. The van der Waals surface area contributed by atoms with Crippen LogP contribution in [0.4, 0.5) is 5.69 Å². The summed E-state index contributed by atoms with van der Waals surface area (Å²) in [6.07, 6.45) is 0. The minimum Gasteiger partial charge on any atom is -0.497 e. The zero-order valence-electron chi connectivity index (χ0n) is 8.56. The minimum absolute atomic E-state index is 0.0256. The topological polar surface area (TPSA) is 72.6 Å². The number of nitro benzene ring substituents is 1. The van der Waals surface area contributed by atoms with Gasteiger partial charge in [0.2, 0.25) is 0 Å². The van der Waals surface area contributed by atoms with Crippen molar-refractivity contribution in [1.29, 1.82) is 0 Å². The molecule has 0 aliphatic rings. The highest BCUT2D eigenvalue weighted by Gasteiger charge is 2.19. The van der Waals surface area contributed by atoms with Gasteiger partial charge in [-0.2, -0.15) is 0 Å². The van der Waals surface area contributed by atoms with E-state index in [9.17, 15) is 10.1 Å². The van der Waals surface area contributed by atoms with Crippen molar-refractivity contribution in [2.45, 2.75) is 6.92 Å². The summed E-state index contributed by atoms with van der Waals surface area (Å²) in [5.74, 6) is 1.07. The van der Waals surface area contributed by atoms with Crippen LogP contribution in [0.5, 0.6) is 5.75 Å². The summed E-state index contributed by atoms with van der Waals surface area (Å²) in [5, 5.41) is 19.7. The predicted octanol–water partition coefficient (Wildman–Crippen LogP) is 1.54. The average molecular weight is 210 g/mol. The Hall–Kier alpha value is -1.62. The highest BCUT2D eigenvalue weighted by atomic mass is 16.6. The molecule has 81 valence electrons. The van der Waals surface area contributed by atoms with Crippen LogP contribution in [-0.2, 0) is 0 Å². The number of aliphatic hydroxyl groups is 1.